The Morgan fingerprint density at radius 2 is 1.05 bits per heavy atom. The maximum Gasteiger partial charge on any atom is 0.123 e. The fourth-order valence-electron chi connectivity index (χ4n) is 4.74. The van der Waals surface area contributed by atoms with Gasteiger partial charge in [0.15, 0.2) is 0 Å². The Hall–Kier alpha value is -1.18. The minimum absolute atomic E-state index is 0.0147. The molecule has 0 unspecified atom stereocenters. The van der Waals surface area contributed by atoms with E-state index in [1.807, 2.05) is 12.1 Å². The smallest absolute Gasteiger partial charge is 0.123 e. The van der Waals surface area contributed by atoms with Crippen LogP contribution in [0.1, 0.15) is 89.2 Å². The normalized spacial score (nSPS) is 24.1. The van der Waals surface area contributed by atoms with E-state index in [1.165, 1.54) is 38.5 Å². The van der Waals surface area contributed by atoms with Crippen LogP contribution in [0, 0.1) is 0 Å². The van der Waals surface area contributed by atoms with E-state index in [9.17, 15) is 10.2 Å². The lowest BCUT2D eigenvalue weighted by molar-refractivity contribution is 0.288. The molecule has 0 saturated heterocycles. The number of hydrogen-bond donors (Lipinski definition) is 2. The molecule has 0 radical (unpaired) electrons. The molecule has 0 aromatic heterocycles. The van der Waals surface area contributed by atoms with Gasteiger partial charge in [0.25, 0.3) is 0 Å². The van der Waals surface area contributed by atoms with Crippen LogP contribution in [0.25, 0.3) is 0 Å². The third-order valence-electron chi connectivity index (χ3n) is 6.31. The number of hydrogen-bond acceptors (Lipinski definition) is 2. The number of aromatic hydroxyl groups is 2. The molecule has 2 heteroatoms. The van der Waals surface area contributed by atoms with Crippen LogP contribution >= 0.6 is 0 Å². The predicted molar refractivity (Wildman–Crippen MR) is 90.6 cm³/mol. The van der Waals surface area contributed by atoms with Crippen molar-refractivity contribution < 1.29 is 10.2 Å². The number of phenols is 2. The average molecular weight is 302 g/mol. The van der Waals surface area contributed by atoms with Crippen molar-refractivity contribution in [1.29, 1.82) is 0 Å². The second-order valence-electron chi connectivity index (χ2n) is 8.13. The zero-order valence-electron chi connectivity index (χ0n) is 14.1. The van der Waals surface area contributed by atoms with E-state index >= 15 is 0 Å². The zero-order chi connectivity index (χ0) is 15.8. The van der Waals surface area contributed by atoms with Crippen molar-refractivity contribution in [3.05, 3.63) is 23.3 Å². The molecule has 0 heterocycles. The lowest BCUT2D eigenvalue weighted by atomic mass is 9.66. The van der Waals surface area contributed by atoms with Gasteiger partial charge < -0.3 is 10.2 Å². The van der Waals surface area contributed by atoms with Crippen molar-refractivity contribution in [2.24, 2.45) is 0 Å². The molecule has 2 aliphatic carbocycles. The van der Waals surface area contributed by atoms with Crippen molar-refractivity contribution in [1.82, 2.24) is 0 Å². The first kappa shape index (κ1) is 15.7. The summed E-state index contributed by atoms with van der Waals surface area (Å²) in [7, 11) is 0. The molecule has 0 atom stereocenters. The first-order valence-electron chi connectivity index (χ1n) is 9.02. The van der Waals surface area contributed by atoms with Crippen LogP contribution in [0.4, 0.5) is 0 Å². The lowest BCUT2D eigenvalue weighted by Gasteiger charge is -2.39. The monoisotopic (exact) mass is 302 g/mol. The Labute approximate surface area is 134 Å². The van der Waals surface area contributed by atoms with E-state index in [0.29, 0.717) is 11.5 Å². The molecule has 2 nitrogen and oxygen atoms in total. The van der Waals surface area contributed by atoms with Crippen molar-refractivity contribution >= 4 is 0 Å². The van der Waals surface area contributed by atoms with E-state index in [2.05, 4.69) is 13.8 Å². The van der Waals surface area contributed by atoms with Gasteiger partial charge in [-0.1, -0.05) is 52.4 Å². The summed E-state index contributed by atoms with van der Waals surface area (Å²) in [5.74, 6) is 0.785. The molecule has 2 fully saturated rings. The summed E-state index contributed by atoms with van der Waals surface area (Å²) >= 11 is 0. The van der Waals surface area contributed by atoms with Gasteiger partial charge in [0, 0.05) is 11.1 Å². The molecule has 1 aromatic rings. The van der Waals surface area contributed by atoms with Crippen LogP contribution in [0.3, 0.4) is 0 Å². The average Bonchev–Trinajstić information content (AvgIpc) is 2.50. The second-order valence-corrected chi connectivity index (χ2v) is 8.13. The van der Waals surface area contributed by atoms with Crippen LogP contribution in [0.15, 0.2) is 12.1 Å². The van der Waals surface area contributed by atoms with Gasteiger partial charge >= 0.3 is 0 Å². The van der Waals surface area contributed by atoms with Crippen LogP contribution in [0.5, 0.6) is 11.5 Å². The summed E-state index contributed by atoms with van der Waals surface area (Å²) < 4.78 is 0. The van der Waals surface area contributed by atoms with E-state index in [4.69, 9.17) is 0 Å². The van der Waals surface area contributed by atoms with E-state index in [1.54, 1.807) is 0 Å². The van der Waals surface area contributed by atoms with Crippen LogP contribution < -0.4 is 0 Å². The molecule has 3 rings (SSSR count). The van der Waals surface area contributed by atoms with Gasteiger partial charge in [-0.15, -0.1) is 0 Å². The Balaban J connectivity index is 2.05. The summed E-state index contributed by atoms with van der Waals surface area (Å²) in [6.07, 6.45) is 11.9. The molecule has 0 amide bonds. The molecule has 0 spiro atoms. The molecule has 122 valence electrons. The highest BCUT2D eigenvalue weighted by molar-refractivity contribution is 5.52. The SMILES string of the molecule is CC1(c2cc(O)cc(C3(C)CCCCC3)c2O)CCCCC1. The fourth-order valence-corrected chi connectivity index (χ4v) is 4.74. The minimum atomic E-state index is 0.0147. The quantitative estimate of drug-likeness (QED) is 0.704. The van der Waals surface area contributed by atoms with Gasteiger partial charge in [-0.25, -0.2) is 0 Å². The van der Waals surface area contributed by atoms with Gasteiger partial charge in [-0.05, 0) is 48.6 Å². The largest absolute Gasteiger partial charge is 0.508 e. The standard InChI is InChI=1S/C20H30O2/c1-19(9-5-3-6-10-19)16-13-15(21)14-17(18(16)22)20(2)11-7-4-8-12-20/h13-14,21-22H,3-12H2,1-2H3. The van der Waals surface area contributed by atoms with Gasteiger partial charge in [-0.3, -0.25) is 0 Å². The predicted octanol–water partition coefficient (Wildman–Crippen LogP) is 5.54. The topological polar surface area (TPSA) is 40.5 Å². The Morgan fingerprint density at radius 3 is 1.41 bits per heavy atom. The van der Waals surface area contributed by atoms with E-state index in [0.717, 1.165) is 36.8 Å². The van der Waals surface area contributed by atoms with Gasteiger partial charge in [-0.2, -0.15) is 0 Å². The molecule has 0 aliphatic heterocycles. The van der Waals surface area contributed by atoms with Crippen LogP contribution in [0.2, 0.25) is 0 Å². The maximum absolute atomic E-state index is 11.0. The van der Waals surface area contributed by atoms with Crippen molar-refractivity contribution in [2.75, 3.05) is 0 Å². The molecule has 0 bridgehead atoms. The molecule has 2 N–H and O–H groups in total. The Bertz CT molecular complexity index is 490. The minimum Gasteiger partial charge on any atom is -0.508 e. The Kier molecular flexibility index (Phi) is 4.13. The van der Waals surface area contributed by atoms with Crippen molar-refractivity contribution in [3.8, 4) is 11.5 Å². The molecule has 1 aromatic carbocycles. The van der Waals surface area contributed by atoms with Crippen LogP contribution in [-0.4, -0.2) is 10.2 Å². The van der Waals surface area contributed by atoms with Gasteiger partial charge in [0.2, 0.25) is 0 Å². The Morgan fingerprint density at radius 1 is 0.682 bits per heavy atom. The number of benzene rings is 1. The van der Waals surface area contributed by atoms with Gasteiger partial charge in [0.05, 0.1) is 0 Å². The highest BCUT2D eigenvalue weighted by atomic mass is 16.3. The first-order chi connectivity index (χ1) is 10.4. The molecule has 22 heavy (non-hydrogen) atoms. The third kappa shape index (κ3) is 2.73. The molecular weight excluding hydrogens is 272 g/mol. The summed E-state index contributed by atoms with van der Waals surface area (Å²) in [6.45, 7) is 4.52. The summed E-state index contributed by atoms with van der Waals surface area (Å²) in [5.41, 5.74) is 1.99. The molecular formula is C20H30O2. The first-order valence-corrected chi connectivity index (χ1v) is 9.02. The maximum atomic E-state index is 11.0. The van der Waals surface area contributed by atoms with Crippen LogP contribution in [-0.2, 0) is 10.8 Å². The zero-order valence-corrected chi connectivity index (χ0v) is 14.1. The van der Waals surface area contributed by atoms with Crippen molar-refractivity contribution in [3.63, 3.8) is 0 Å². The second kappa shape index (κ2) is 5.79. The summed E-state index contributed by atoms with van der Waals surface area (Å²) in [6, 6.07) is 3.63. The summed E-state index contributed by atoms with van der Waals surface area (Å²) in [5, 5.41) is 21.3. The molecule has 2 saturated carbocycles. The lowest BCUT2D eigenvalue weighted by Crippen LogP contribution is -2.28. The highest BCUT2D eigenvalue weighted by Gasteiger charge is 2.37. The van der Waals surface area contributed by atoms with Crippen molar-refractivity contribution in [2.45, 2.75) is 88.9 Å². The fraction of sp³-hybridized carbons (Fsp3) is 0.700. The number of rotatable bonds is 2. The third-order valence-corrected chi connectivity index (χ3v) is 6.31. The molecule has 2 aliphatic rings. The highest BCUT2D eigenvalue weighted by Crippen LogP contribution is 2.50. The number of phenolic OH excluding ortho intramolecular Hbond substituents is 2. The van der Waals surface area contributed by atoms with E-state index in [-0.39, 0.29) is 10.8 Å². The summed E-state index contributed by atoms with van der Waals surface area (Å²) in [4.78, 5) is 0. The van der Waals surface area contributed by atoms with Gasteiger partial charge in [0.1, 0.15) is 11.5 Å². The van der Waals surface area contributed by atoms with E-state index < -0.39 is 0 Å².